The fourth-order valence-electron chi connectivity index (χ4n) is 2.13. The highest BCUT2D eigenvalue weighted by atomic mass is 127. The van der Waals surface area contributed by atoms with Crippen molar-refractivity contribution in [3.63, 3.8) is 0 Å². The Morgan fingerprint density at radius 2 is 1.92 bits per heavy atom. The van der Waals surface area contributed by atoms with Gasteiger partial charge in [-0.1, -0.05) is 29.8 Å². The summed E-state index contributed by atoms with van der Waals surface area (Å²) in [5.41, 5.74) is 8.94. The van der Waals surface area contributed by atoms with Crippen LogP contribution in [0.4, 0.5) is 5.69 Å². The first-order chi connectivity index (χ1) is 12.1. The van der Waals surface area contributed by atoms with Crippen molar-refractivity contribution in [3.8, 4) is 5.75 Å². The lowest BCUT2D eigenvalue weighted by Crippen LogP contribution is -2.28. The highest BCUT2D eigenvalue weighted by Crippen LogP contribution is 2.14. The normalized spacial score (nSPS) is 10.6. The van der Waals surface area contributed by atoms with Crippen molar-refractivity contribution in [1.29, 1.82) is 0 Å². The van der Waals surface area contributed by atoms with E-state index in [1.165, 1.54) is 5.56 Å². The molecule has 4 N–H and O–H groups in total. The minimum atomic E-state index is -0.141. The molecule has 0 saturated heterocycles. The van der Waals surface area contributed by atoms with Crippen LogP contribution in [0, 0.1) is 6.92 Å². The lowest BCUT2D eigenvalue weighted by atomic mass is 10.2. The molecular formula is C19H25IN4O2. The Balaban J connectivity index is 0.00000338. The maximum Gasteiger partial charge on any atom is 0.257 e. The number of guanidine groups is 1. The van der Waals surface area contributed by atoms with Gasteiger partial charge in [0.15, 0.2) is 12.6 Å². The number of carbonyl (C=O) groups excluding carboxylic acids is 1. The molecule has 0 radical (unpaired) electrons. The van der Waals surface area contributed by atoms with Gasteiger partial charge < -0.3 is 21.1 Å². The number of aliphatic imine (C=N–C) groups is 1. The third-order valence-corrected chi connectivity index (χ3v) is 3.40. The van der Waals surface area contributed by atoms with Gasteiger partial charge >= 0.3 is 0 Å². The minimum absolute atomic E-state index is 0. The number of nitrogens with one attached hydrogen (secondary N) is 2. The predicted octanol–water partition coefficient (Wildman–Crippen LogP) is 3.05. The van der Waals surface area contributed by atoms with Crippen molar-refractivity contribution in [2.45, 2.75) is 20.4 Å². The summed E-state index contributed by atoms with van der Waals surface area (Å²) >= 11 is 0. The molecule has 0 aromatic heterocycles. The Morgan fingerprint density at radius 3 is 2.62 bits per heavy atom. The van der Waals surface area contributed by atoms with Crippen LogP contribution in [-0.4, -0.2) is 25.0 Å². The zero-order chi connectivity index (χ0) is 18.1. The highest BCUT2D eigenvalue weighted by Gasteiger charge is 2.02. The first-order valence-electron chi connectivity index (χ1n) is 8.19. The number of nitrogens with two attached hydrogens (primary N) is 1. The molecule has 7 heteroatoms. The number of rotatable bonds is 7. The minimum Gasteiger partial charge on any atom is -0.484 e. The van der Waals surface area contributed by atoms with Crippen LogP contribution in [0.3, 0.4) is 0 Å². The number of ether oxygens (including phenoxy) is 1. The molecule has 0 bridgehead atoms. The standard InChI is InChI=1S/C19H24N4O2.HI/c1-3-21-18(24)13-25-17-6-4-5-15(11-17)12-22-19(20)23-16-9-7-14(2)8-10-16;/h4-11H,3,12-13H2,1-2H3,(H,21,24)(H3,20,22,23);1H. The van der Waals surface area contributed by atoms with Gasteiger partial charge in [0.2, 0.25) is 0 Å². The SMILES string of the molecule is CCNC(=O)COc1cccc(CN=C(N)Nc2ccc(C)cc2)c1.I. The fraction of sp³-hybridized carbons (Fsp3) is 0.263. The number of benzene rings is 2. The van der Waals surface area contributed by atoms with Gasteiger partial charge in [-0.2, -0.15) is 0 Å². The maximum atomic E-state index is 11.4. The quantitative estimate of drug-likeness (QED) is 0.331. The number of amides is 1. The molecular weight excluding hydrogens is 443 g/mol. The third-order valence-electron chi connectivity index (χ3n) is 3.40. The van der Waals surface area contributed by atoms with Gasteiger partial charge in [-0.15, -0.1) is 24.0 Å². The van der Waals surface area contributed by atoms with Crippen molar-refractivity contribution >= 4 is 41.5 Å². The average Bonchev–Trinajstić information content (AvgIpc) is 2.61. The predicted molar refractivity (Wildman–Crippen MR) is 116 cm³/mol. The van der Waals surface area contributed by atoms with Crippen LogP contribution in [0.1, 0.15) is 18.1 Å². The van der Waals surface area contributed by atoms with Gasteiger partial charge in [0, 0.05) is 12.2 Å². The van der Waals surface area contributed by atoms with E-state index in [-0.39, 0.29) is 36.5 Å². The molecule has 140 valence electrons. The van der Waals surface area contributed by atoms with Crippen LogP contribution in [-0.2, 0) is 11.3 Å². The molecule has 6 nitrogen and oxygen atoms in total. The van der Waals surface area contributed by atoms with Crippen LogP contribution in [0.25, 0.3) is 0 Å². The second kappa shape index (κ2) is 11.3. The maximum absolute atomic E-state index is 11.4. The van der Waals surface area contributed by atoms with Crippen molar-refractivity contribution in [1.82, 2.24) is 5.32 Å². The molecule has 0 aliphatic heterocycles. The number of aryl methyl sites for hydroxylation is 1. The van der Waals surface area contributed by atoms with Gasteiger partial charge in [-0.05, 0) is 43.7 Å². The number of likely N-dealkylation sites (N-methyl/N-ethyl adjacent to an activating group) is 1. The zero-order valence-corrected chi connectivity index (χ0v) is 17.3. The Morgan fingerprint density at radius 1 is 1.19 bits per heavy atom. The number of hydrogen-bond donors (Lipinski definition) is 3. The van der Waals surface area contributed by atoms with Gasteiger partial charge in [0.05, 0.1) is 6.54 Å². The molecule has 0 saturated carbocycles. The summed E-state index contributed by atoms with van der Waals surface area (Å²) in [6, 6.07) is 15.4. The third kappa shape index (κ3) is 7.73. The van der Waals surface area contributed by atoms with E-state index in [9.17, 15) is 4.79 Å². The fourth-order valence-corrected chi connectivity index (χ4v) is 2.13. The van der Waals surface area contributed by atoms with Crippen molar-refractivity contribution in [3.05, 3.63) is 59.7 Å². The summed E-state index contributed by atoms with van der Waals surface area (Å²) in [6.45, 7) is 4.90. The van der Waals surface area contributed by atoms with E-state index in [0.29, 0.717) is 24.8 Å². The van der Waals surface area contributed by atoms with Crippen LogP contribution in [0.5, 0.6) is 5.75 Å². The van der Waals surface area contributed by atoms with E-state index in [4.69, 9.17) is 10.5 Å². The molecule has 26 heavy (non-hydrogen) atoms. The Kier molecular flexibility index (Phi) is 9.50. The van der Waals surface area contributed by atoms with Crippen LogP contribution >= 0.6 is 24.0 Å². The molecule has 2 aromatic carbocycles. The van der Waals surface area contributed by atoms with Crippen molar-refractivity contribution in [2.24, 2.45) is 10.7 Å². The van der Waals surface area contributed by atoms with E-state index >= 15 is 0 Å². The Labute approximate surface area is 171 Å². The molecule has 1 amide bonds. The zero-order valence-electron chi connectivity index (χ0n) is 15.0. The molecule has 0 atom stereocenters. The summed E-state index contributed by atoms with van der Waals surface area (Å²) in [6.07, 6.45) is 0. The summed E-state index contributed by atoms with van der Waals surface area (Å²) in [5, 5.41) is 5.74. The lowest BCUT2D eigenvalue weighted by molar-refractivity contribution is -0.122. The van der Waals surface area contributed by atoms with Crippen molar-refractivity contribution < 1.29 is 9.53 Å². The van der Waals surface area contributed by atoms with Gasteiger partial charge in [-0.25, -0.2) is 4.99 Å². The number of anilines is 1. The van der Waals surface area contributed by atoms with Gasteiger partial charge in [0.1, 0.15) is 5.75 Å². The topological polar surface area (TPSA) is 88.7 Å². The molecule has 0 aliphatic carbocycles. The number of hydrogen-bond acceptors (Lipinski definition) is 3. The number of halogens is 1. The van der Waals surface area contributed by atoms with E-state index in [1.54, 1.807) is 6.07 Å². The second-order valence-corrected chi connectivity index (χ2v) is 5.58. The highest BCUT2D eigenvalue weighted by molar-refractivity contribution is 14.0. The monoisotopic (exact) mass is 468 g/mol. The average molecular weight is 468 g/mol. The van der Waals surface area contributed by atoms with E-state index in [2.05, 4.69) is 15.6 Å². The number of nitrogens with zero attached hydrogens (tertiary/aromatic N) is 1. The number of carbonyl (C=O) groups is 1. The van der Waals surface area contributed by atoms with Crippen molar-refractivity contribution in [2.75, 3.05) is 18.5 Å². The molecule has 0 aliphatic rings. The van der Waals surface area contributed by atoms with Gasteiger partial charge in [0.25, 0.3) is 5.91 Å². The van der Waals surface area contributed by atoms with E-state index in [1.807, 2.05) is 56.3 Å². The van der Waals surface area contributed by atoms with Crippen LogP contribution < -0.4 is 21.1 Å². The van der Waals surface area contributed by atoms with Crippen LogP contribution in [0.2, 0.25) is 0 Å². The molecule has 0 fully saturated rings. The van der Waals surface area contributed by atoms with Crippen LogP contribution in [0.15, 0.2) is 53.5 Å². The Hall–Kier alpha value is -2.29. The molecule has 2 rings (SSSR count). The molecule has 0 unspecified atom stereocenters. The summed E-state index contributed by atoms with van der Waals surface area (Å²) in [7, 11) is 0. The Bertz CT molecular complexity index is 733. The summed E-state index contributed by atoms with van der Waals surface area (Å²) in [5.74, 6) is 0.832. The summed E-state index contributed by atoms with van der Waals surface area (Å²) < 4.78 is 5.47. The summed E-state index contributed by atoms with van der Waals surface area (Å²) in [4.78, 5) is 15.8. The first-order valence-corrected chi connectivity index (χ1v) is 8.19. The largest absolute Gasteiger partial charge is 0.484 e. The van der Waals surface area contributed by atoms with E-state index < -0.39 is 0 Å². The second-order valence-electron chi connectivity index (χ2n) is 5.58. The molecule has 0 heterocycles. The van der Waals surface area contributed by atoms with E-state index in [0.717, 1.165) is 11.3 Å². The lowest BCUT2D eigenvalue weighted by Gasteiger charge is -2.08. The molecule has 0 spiro atoms. The molecule has 2 aromatic rings. The van der Waals surface area contributed by atoms with Gasteiger partial charge in [-0.3, -0.25) is 4.79 Å². The smallest absolute Gasteiger partial charge is 0.257 e. The first kappa shape index (κ1) is 21.8.